The molecule has 0 amide bonds. The summed E-state index contributed by atoms with van der Waals surface area (Å²) in [6.45, 7) is 2.66. The third-order valence-corrected chi connectivity index (χ3v) is 5.77. The molecule has 0 N–H and O–H groups in total. The lowest BCUT2D eigenvalue weighted by molar-refractivity contribution is -0.147. The molecule has 6 nitrogen and oxygen atoms in total. The van der Waals surface area contributed by atoms with Crippen molar-refractivity contribution in [1.82, 2.24) is 0 Å². The normalized spacial score (nSPS) is 11.6. The van der Waals surface area contributed by atoms with Gasteiger partial charge in [-0.25, -0.2) is 0 Å². The summed E-state index contributed by atoms with van der Waals surface area (Å²) >= 11 is 0. The number of methoxy groups -OCH3 is 2. The van der Waals surface area contributed by atoms with Crippen LogP contribution in [-0.2, 0) is 19.1 Å². The van der Waals surface area contributed by atoms with Crippen LogP contribution in [0.2, 0.25) is 0 Å². The van der Waals surface area contributed by atoms with E-state index in [9.17, 15) is 9.59 Å². The van der Waals surface area contributed by atoms with E-state index in [1.54, 1.807) is 12.1 Å². The van der Waals surface area contributed by atoms with Crippen molar-refractivity contribution < 1.29 is 28.5 Å². The number of carbonyl (C=O) groups excluding carboxylic acids is 2. The van der Waals surface area contributed by atoms with Gasteiger partial charge in [-0.05, 0) is 16.8 Å². The van der Waals surface area contributed by atoms with Gasteiger partial charge in [0.2, 0.25) is 0 Å². The summed E-state index contributed by atoms with van der Waals surface area (Å²) in [6, 6.07) is 15.0. The Kier molecular flexibility index (Phi) is 9.42. The first-order valence-electron chi connectivity index (χ1n) is 11.8. The molecule has 2 unspecified atom stereocenters. The van der Waals surface area contributed by atoms with Crippen molar-refractivity contribution in [2.24, 2.45) is 0 Å². The third-order valence-electron chi connectivity index (χ3n) is 5.77. The maximum atomic E-state index is 11.9. The summed E-state index contributed by atoms with van der Waals surface area (Å²) in [4.78, 5) is 23.7. The van der Waals surface area contributed by atoms with E-state index in [0.717, 1.165) is 10.8 Å². The van der Waals surface area contributed by atoms with E-state index in [4.69, 9.17) is 31.8 Å². The van der Waals surface area contributed by atoms with Gasteiger partial charge >= 0.3 is 11.9 Å². The molecule has 0 aromatic heterocycles. The topological polar surface area (TPSA) is 71.1 Å². The second kappa shape index (κ2) is 12.9. The fourth-order valence-corrected chi connectivity index (χ4v) is 4.21. The summed E-state index contributed by atoms with van der Waals surface area (Å²) in [5.41, 5.74) is 2.34. The quantitative estimate of drug-likeness (QED) is 0.295. The van der Waals surface area contributed by atoms with E-state index in [0.29, 0.717) is 33.8 Å². The monoisotopic (exact) mass is 508 g/mol. The van der Waals surface area contributed by atoms with Crippen LogP contribution in [0.4, 0.5) is 0 Å². The molecule has 0 aliphatic rings. The van der Waals surface area contributed by atoms with Gasteiger partial charge in [-0.15, -0.1) is 24.7 Å². The van der Waals surface area contributed by atoms with Gasteiger partial charge in [0, 0.05) is 30.5 Å². The maximum absolute atomic E-state index is 11.9. The number of benzene rings is 3. The third kappa shape index (κ3) is 6.28. The molecule has 3 aromatic carbocycles. The molecular weight excluding hydrogens is 480 g/mol. The molecule has 0 aliphatic heterocycles. The van der Waals surface area contributed by atoms with Gasteiger partial charge in [0.25, 0.3) is 0 Å². The van der Waals surface area contributed by atoms with E-state index in [-0.39, 0.29) is 12.8 Å². The molecule has 0 saturated carbocycles. The second-order valence-electron chi connectivity index (χ2n) is 8.28. The average molecular weight is 509 g/mol. The predicted molar refractivity (Wildman–Crippen MR) is 145 cm³/mol. The van der Waals surface area contributed by atoms with Crippen molar-refractivity contribution in [2.45, 2.75) is 38.9 Å². The molecule has 0 spiro atoms. The van der Waals surface area contributed by atoms with Crippen LogP contribution >= 0.6 is 0 Å². The Bertz CT molecular complexity index is 1490. The average Bonchev–Trinajstić information content (AvgIpc) is 2.90. The molecule has 0 aliphatic carbocycles. The number of terminal acetylenes is 2. The Labute approximate surface area is 223 Å². The van der Waals surface area contributed by atoms with Crippen molar-refractivity contribution in [3.05, 3.63) is 70.8 Å². The number of ether oxygens (including phenoxy) is 4. The van der Waals surface area contributed by atoms with Crippen molar-refractivity contribution in [3.63, 3.8) is 0 Å². The van der Waals surface area contributed by atoms with Crippen molar-refractivity contribution in [1.29, 1.82) is 0 Å². The Morgan fingerprint density at radius 2 is 1.32 bits per heavy atom. The number of rotatable bonds is 8. The molecule has 6 heteroatoms. The number of esters is 2. The van der Waals surface area contributed by atoms with Gasteiger partial charge in [-0.3, -0.25) is 9.59 Å². The highest BCUT2D eigenvalue weighted by Crippen LogP contribution is 2.38. The summed E-state index contributed by atoms with van der Waals surface area (Å²) in [7, 11) is 3.02. The van der Waals surface area contributed by atoms with Crippen molar-refractivity contribution in [2.75, 3.05) is 14.2 Å². The minimum atomic E-state index is -0.746. The van der Waals surface area contributed by atoms with E-state index in [2.05, 4.69) is 23.7 Å². The molecule has 3 aromatic rings. The van der Waals surface area contributed by atoms with Crippen LogP contribution in [0.5, 0.6) is 11.5 Å². The summed E-state index contributed by atoms with van der Waals surface area (Å²) in [6.07, 6.45) is 10.1. The molecule has 0 radical (unpaired) electrons. The Morgan fingerprint density at radius 1 is 0.763 bits per heavy atom. The minimum absolute atomic E-state index is 0.139. The molecule has 3 rings (SSSR count). The van der Waals surface area contributed by atoms with E-state index in [1.165, 1.54) is 28.1 Å². The fourth-order valence-electron chi connectivity index (χ4n) is 4.21. The van der Waals surface area contributed by atoms with Crippen LogP contribution < -0.4 is 9.47 Å². The van der Waals surface area contributed by atoms with Crippen molar-refractivity contribution in [3.8, 4) is 48.0 Å². The molecule has 2 atom stereocenters. The Balaban J connectivity index is 2.34. The number of hydrogen-bond acceptors (Lipinski definition) is 6. The van der Waals surface area contributed by atoms with E-state index in [1.807, 2.05) is 36.4 Å². The highest BCUT2D eigenvalue weighted by atomic mass is 16.5. The maximum Gasteiger partial charge on any atom is 0.303 e. The molecule has 0 bridgehead atoms. The first-order chi connectivity index (χ1) is 18.3. The van der Waals surface area contributed by atoms with Crippen molar-refractivity contribution >= 4 is 22.7 Å². The Morgan fingerprint density at radius 3 is 1.87 bits per heavy atom. The first kappa shape index (κ1) is 27.7. The van der Waals surface area contributed by atoms with Crippen LogP contribution in [0.25, 0.3) is 10.8 Å². The number of carbonyl (C=O) groups is 2. The standard InChI is InChI=1S/C32H28O6/c1-7-11-29(37-21(3)33)26-16-15-23-13-9-10-14-24(23)25(26)17-18-28-27(30(12-8-2)38-22(4)34)19-20-31(35-5)32(28)36-6/h1-2,9-10,13-16,19-20,29-30H,11-12H2,3-6H3. The zero-order valence-corrected chi connectivity index (χ0v) is 21.8. The van der Waals surface area contributed by atoms with Gasteiger partial charge in [0.05, 0.1) is 32.6 Å². The Hall–Kier alpha value is -4.86. The van der Waals surface area contributed by atoms with Gasteiger partial charge in [-0.1, -0.05) is 54.3 Å². The van der Waals surface area contributed by atoms with Crippen LogP contribution in [-0.4, -0.2) is 26.2 Å². The number of fused-ring (bicyclic) bond motifs is 1. The van der Waals surface area contributed by atoms with Crippen LogP contribution in [0.15, 0.2) is 48.5 Å². The predicted octanol–water partition coefficient (Wildman–Crippen LogP) is 5.51. The first-order valence-corrected chi connectivity index (χ1v) is 11.8. The lowest BCUT2D eigenvalue weighted by atomic mass is 9.93. The van der Waals surface area contributed by atoms with E-state index < -0.39 is 24.1 Å². The molecule has 192 valence electrons. The summed E-state index contributed by atoms with van der Waals surface area (Å²) < 4.78 is 22.3. The fraction of sp³-hybridized carbons (Fsp3) is 0.250. The van der Waals surface area contributed by atoms with Crippen LogP contribution in [0.3, 0.4) is 0 Å². The lowest BCUT2D eigenvalue weighted by Crippen LogP contribution is -2.11. The minimum Gasteiger partial charge on any atom is -0.493 e. The van der Waals surface area contributed by atoms with Gasteiger partial charge < -0.3 is 18.9 Å². The van der Waals surface area contributed by atoms with E-state index >= 15 is 0 Å². The smallest absolute Gasteiger partial charge is 0.303 e. The highest BCUT2D eigenvalue weighted by Gasteiger charge is 2.23. The molecule has 0 saturated heterocycles. The molecule has 38 heavy (non-hydrogen) atoms. The molecular formula is C32H28O6. The SMILES string of the molecule is C#CCC(OC(C)=O)c1ccc(OC)c(OC)c1C#Cc1c(C(CC#C)OC(C)=O)ccc2ccccc12. The van der Waals surface area contributed by atoms with Gasteiger partial charge in [0.1, 0.15) is 12.2 Å². The largest absolute Gasteiger partial charge is 0.493 e. The van der Waals surface area contributed by atoms with Gasteiger partial charge in [-0.2, -0.15) is 0 Å². The van der Waals surface area contributed by atoms with Gasteiger partial charge in [0.15, 0.2) is 11.5 Å². The summed E-state index contributed by atoms with van der Waals surface area (Å²) in [5.74, 6) is 11.5. The zero-order valence-electron chi connectivity index (χ0n) is 21.8. The zero-order chi connectivity index (χ0) is 27.7. The second-order valence-corrected chi connectivity index (χ2v) is 8.28. The highest BCUT2D eigenvalue weighted by molar-refractivity contribution is 5.90. The molecule has 0 fully saturated rings. The van der Waals surface area contributed by atoms with Crippen LogP contribution in [0, 0.1) is 36.5 Å². The summed E-state index contributed by atoms with van der Waals surface area (Å²) in [5, 5.41) is 1.81. The molecule has 0 heterocycles. The lowest BCUT2D eigenvalue weighted by Gasteiger charge is -2.20. The van der Waals surface area contributed by atoms with Crippen LogP contribution in [0.1, 0.15) is 61.2 Å². The number of hydrogen-bond donors (Lipinski definition) is 0.